The Labute approximate surface area is 211 Å². The molecule has 1 amide bonds. The maximum atomic E-state index is 12.2. The minimum absolute atomic E-state index is 0.0445. The van der Waals surface area contributed by atoms with E-state index in [1.807, 2.05) is 30.3 Å². The molecular weight excluding hydrogens is 464 g/mol. The lowest BCUT2D eigenvalue weighted by Crippen LogP contribution is -2.13. The Bertz CT molecular complexity index is 1810. The van der Waals surface area contributed by atoms with E-state index in [0.29, 0.717) is 28.4 Å². The number of anilines is 1. The Morgan fingerprint density at radius 2 is 1.95 bits per heavy atom. The van der Waals surface area contributed by atoms with Crippen molar-refractivity contribution in [2.24, 2.45) is 5.92 Å². The molecule has 9 nitrogen and oxygen atoms in total. The van der Waals surface area contributed by atoms with Gasteiger partial charge in [0.05, 0.1) is 28.6 Å². The van der Waals surface area contributed by atoms with Crippen molar-refractivity contribution < 1.29 is 4.79 Å². The van der Waals surface area contributed by atoms with Gasteiger partial charge in [0.2, 0.25) is 5.91 Å². The molecular formula is C28H22N8O. The highest BCUT2D eigenvalue weighted by molar-refractivity contribution is 5.96. The summed E-state index contributed by atoms with van der Waals surface area (Å²) in [6, 6.07) is 16.1. The van der Waals surface area contributed by atoms with Crippen molar-refractivity contribution in [3.05, 3.63) is 72.7 Å². The summed E-state index contributed by atoms with van der Waals surface area (Å²) >= 11 is 0. The topological polar surface area (TPSA) is 125 Å². The molecule has 1 saturated carbocycles. The average molecular weight is 487 g/mol. The van der Waals surface area contributed by atoms with E-state index in [9.17, 15) is 4.79 Å². The van der Waals surface area contributed by atoms with E-state index in [0.717, 1.165) is 46.3 Å². The molecule has 1 aliphatic rings. The van der Waals surface area contributed by atoms with Crippen LogP contribution in [0.5, 0.6) is 0 Å². The SMILES string of the molecule is Cc1cccc(-c2ccnc3nc(-c4n[nH]c5ccc(-c6cncc(NC(=O)C7CC7)c6)nc45)[nH]c23)c1. The Morgan fingerprint density at radius 3 is 2.81 bits per heavy atom. The summed E-state index contributed by atoms with van der Waals surface area (Å²) in [5, 5.41) is 10.5. The number of carbonyl (C=O) groups is 1. The normalized spacial score (nSPS) is 13.3. The fourth-order valence-electron chi connectivity index (χ4n) is 4.54. The molecule has 0 saturated heterocycles. The molecule has 0 atom stereocenters. The summed E-state index contributed by atoms with van der Waals surface area (Å²) in [4.78, 5) is 34.0. The first-order valence-corrected chi connectivity index (χ1v) is 12.2. The van der Waals surface area contributed by atoms with Crippen LogP contribution in [0.1, 0.15) is 18.4 Å². The average Bonchev–Trinajstić information content (AvgIpc) is 3.55. The molecule has 180 valence electrons. The fourth-order valence-corrected chi connectivity index (χ4v) is 4.54. The summed E-state index contributed by atoms with van der Waals surface area (Å²) in [6.45, 7) is 2.08. The molecule has 1 fully saturated rings. The van der Waals surface area contributed by atoms with E-state index in [4.69, 9.17) is 9.97 Å². The molecule has 5 aromatic heterocycles. The van der Waals surface area contributed by atoms with E-state index < -0.39 is 0 Å². The lowest BCUT2D eigenvalue weighted by Gasteiger charge is -2.06. The number of pyridine rings is 3. The third-order valence-corrected chi connectivity index (χ3v) is 6.60. The minimum atomic E-state index is 0.0445. The first-order chi connectivity index (χ1) is 18.1. The molecule has 6 aromatic rings. The van der Waals surface area contributed by atoms with Crippen LogP contribution >= 0.6 is 0 Å². The third kappa shape index (κ3) is 3.90. The quantitative estimate of drug-likeness (QED) is 0.304. The van der Waals surface area contributed by atoms with Crippen molar-refractivity contribution in [1.82, 2.24) is 35.1 Å². The van der Waals surface area contributed by atoms with Gasteiger partial charge >= 0.3 is 0 Å². The molecule has 0 unspecified atom stereocenters. The Kier molecular flexibility index (Phi) is 4.81. The molecule has 0 spiro atoms. The Morgan fingerprint density at radius 1 is 1.03 bits per heavy atom. The Hall–Kier alpha value is -4.92. The maximum Gasteiger partial charge on any atom is 0.227 e. The van der Waals surface area contributed by atoms with Crippen LogP contribution in [0.15, 0.2) is 67.1 Å². The number of nitrogens with one attached hydrogen (secondary N) is 3. The van der Waals surface area contributed by atoms with Gasteiger partial charge in [-0.25, -0.2) is 15.0 Å². The number of amides is 1. The second-order valence-corrected chi connectivity index (χ2v) is 9.40. The zero-order chi connectivity index (χ0) is 24.9. The fraction of sp³-hybridized carbons (Fsp3) is 0.143. The van der Waals surface area contributed by atoms with Crippen molar-refractivity contribution in [2.75, 3.05) is 5.32 Å². The number of hydrogen-bond acceptors (Lipinski definition) is 6. The van der Waals surface area contributed by atoms with Crippen molar-refractivity contribution in [3.63, 3.8) is 0 Å². The van der Waals surface area contributed by atoms with Gasteiger partial charge in [0.25, 0.3) is 0 Å². The molecule has 3 N–H and O–H groups in total. The van der Waals surface area contributed by atoms with Crippen molar-refractivity contribution >= 4 is 33.8 Å². The number of imidazole rings is 1. The second-order valence-electron chi connectivity index (χ2n) is 9.40. The molecule has 5 heterocycles. The lowest BCUT2D eigenvalue weighted by atomic mass is 10.0. The number of aryl methyl sites for hydroxylation is 1. The largest absolute Gasteiger partial charge is 0.335 e. The van der Waals surface area contributed by atoms with Crippen molar-refractivity contribution in [3.8, 4) is 33.9 Å². The van der Waals surface area contributed by atoms with E-state index >= 15 is 0 Å². The van der Waals surface area contributed by atoms with Crippen molar-refractivity contribution in [2.45, 2.75) is 19.8 Å². The van der Waals surface area contributed by atoms with Gasteiger partial charge < -0.3 is 10.3 Å². The summed E-state index contributed by atoms with van der Waals surface area (Å²) in [7, 11) is 0. The number of hydrogen-bond donors (Lipinski definition) is 3. The summed E-state index contributed by atoms with van der Waals surface area (Å²) in [6.07, 6.45) is 7.05. The highest BCUT2D eigenvalue weighted by Crippen LogP contribution is 2.32. The molecule has 1 aliphatic carbocycles. The van der Waals surface area contributed by atoms with Crippen LogP contribution in [-0.4, -0.2) is 41.0 Å². The standard InChI is InChI=1S/C28H22N8O/c1-15-3-2-4-17(11-15)20-9-10-30-26-23(20)33-27(34-26)25-24-22(35-36-25)8-7-21(32-24)18-12-19(14-29-13-18)31-28(37)16-5-6-16/h2-4,7-14,16H,5-6H2,1H3,(H,31,37)(H,35,36)(H,30,33,34). The van der Waals surface area contributed by atoms with Gasteiger partial charge in [0.1, 0.15) is 5.52 Å². The molecule has 9 heteroatoms. The van der Waals surface area contributed by atoms with Gasteiger partial charge in [-0.3, -0.25) is 14.9 Å². The van der Waals surface area contributed by atoms with Gasteiger partial charge in [-0.2, -0.15) is 5.10 Å². The lowest BCUT2D eigenvalue weighted by molar-refractivity contribution is -0.117. The van der Waals surface area contributed by atoms with Crippen LogP contribution in [-0.2, 0) is 4.79 Å². The Balaban J connectivity index is 1.28. The number of rotatable bonds is 5. The van der Waals surface area contributed by atoms with Crippen LogP contribution < -0.4 is 5.32 Å². The zero-order valence-corrected chi connectivity index (χ0v) is 20.0. The number of carbonyl (C=O) groups excluding carboxylic acids is 1. The van der Waals surface area contributed by atoms with Gasteiger partial charge in [0, 0.05) is 29.4 Å². The summed E-state index contributed by atoms with van der Waals surface area (Å²) in [5.74, 6) is 0.751. The van der Waals surface area contributed by atoms with Gasteiger partial charge in [-0.15, -0.1) is 0 Å². The van der Waals surface area contributed by atoms with E-state index in [-0.39, 0.29) is 11.8 Å². The number of fused-ring (bicyclic) bond motifs is 2. The predicted molar refractivity (Wildman–Crippen MR) is 142 cm³/mol. The number of nitrogens with zero attached hydrogens (tertiary/aromatic N) is 5. The van der Waals surface area contributed by atoms with Crippen LogP contribution in [0.3, 0.4) is 0 Å². The van der Waals surface area contributed by atoms with Crippen LogP contribution in [0.2, 0.25) is 0 Å². The zero-order valence-electron chi connectivity index (χ0n) is 20.0. The molecule has 0 bridgehead atoms. The first-order valence-electron chi connectivity index (χ1n) is 12.2. The van der Waals surface area contributed by atoms with Gasteiger partial charge in [-0.05, 0) is 49.6 Å². The minimum Gasteiger partial charge on any atom is -0.335 e. The van der Waals surface area contributed by atoms with Gasteiger partial charge in [0.15, 0.2) is 17.2 Å². The highest BCUT2D eigenvalue weighted by atomic mass is 16.2. The van der Waals surface area contributed by atoms with Crippen LogP contribution in [0.4, 0.5) is 5.69 Å². The molecule has 0 radical (unpaired) electrons. The number of benzene rings is 1. The highest BCUT2D eigenvalue weighted by Gasteiger charge is 2.29. The third-order valence-electron chi connectivity index (χ3n) is 6.60. The number of H-pyrrole nitrogens is 2. The predicted octanol–water partition coefficient (Wildman–Crippen LogP) is 5.28. The first kappa shape index (κ1) is 21.4. The van der Waals surface area contributed by atoms with E-state index in [1.54, 1.807) is 18.6 Å². The molecule has 7 rings (SSSR count). The second kappa shape index (κ2) is 8.34. The van der Waals surface area contributed by atoms with E-state index in [2.05, 4.69) is 55.6 Å². The number of aromatic nitrogens is 7. The summed E-state index contributed by atoms with van der Waals surface area (Å²) in [5.41, 5.74) is 9.03. The van der Waals surface area contributed by atoms with E-state index in [1.165, 1.54) is 5.56 Å². The number of aromatic amines is 2. The van der Waals surface area contributed by atoms with Gasteiger partial charge in [-0.1, -0.05) is 29.8 Å². The molecule has 1 aromatic carbocycles. The maximum absolute atomic E-state index is 12.2. The molecule has 0 aliphatic heterocycles. The smallest absolute Gasteiger partial charge is 0.227 e. The monoisotopic (exact) mass is 486 g/mol. The molecule has 37 heavy (non-hydrogen) atoms. The van der Waals surface area contributed by atoms with Crippen LogP contribution in [0, 0.1) is 12.8 Å². The summed E-state index contributed by atoms with van der Waals surface area (Å²) < 4.78 is 0. The van der Waals surface area contributed by atoms with Crippen LogP contribution in [0.25, 0.3) is 56.1 Å². The van der Waals surface area contributed by atoms with Crippen molar-refractivity contribution in [1.29, 1.82) is 0 Å².